The lowest BCUT2D eigenvalue weighted by atomic mass is 10.2. The molecule has 0 spiro atoms. The normalized spacial score (nSPS) is 11.4. The van der Waals surface area contributed by atoms with E-state index in [1.165, 1.54) is 0 Å². The van der Waals surface area contributed by atoms with E-state index in [1.807, 2.05) is 48.5 Å². The van der Waals surface area contributed by atoms with E-state index in [1.54, 1.807) is 23.4 Å². The van der Waals surface area contributed by atoms with E-state index in [9.17, 15) is 4.79 Å². The zero-order valence-corrected chi connectivity index (χ0v) is 14.5. The van der Waals surface area contributed by atoms with E-state index in [2.05, 4.69) is 4.98 Å². The molecule has 4 aromatic rings. The van der Waals surface area contributed by atoms with Gasteiger partial charge in [0.25, 0.3) is 5.56 Å². The molecule has 0 saturated heterocycles. The number of benzene rings is 2. The Balaban J connectivity index is 1.77. The number of nitrogens with one attached hydrogen (secondary N) is 1. The summed E-state index contributed by atoms with van der Waals surface area (Å²) in [6.07, 6.45) is 0. The fourth-order valence-corrected chi connectivity index (χ4v) is 3.73. The van der Waals surface area contributed by atoms with Gasteiger partial charge in [0.15, 0.2) is 5.16 Å². The summed E-state index contributed by atoms with van der Waals surface area (Å²) in [5.41, 5.74) is 3.28. The zero-order valence-electron chi connectivity index (χ0n) is 12.9. The molecule has 0 aliphatic carbocycles. The number of hydrogen-bond acceptors (Lipinski definition) is 3. The number of aromatic nitrogens is 3. The molecule has 0 aliphatic heterocycles. The maximum Gasteiger partial charge on any atom is 0.278 e. The lowest BCUT2D eigenvalue weighted by Gasteiger charge is -2.07. The van der Waals surface area contributed by atoms with E-state index in [4.69, 9.17) is 16.6 Å². The van der Waals surface area contributed by atoms with Crippen molar-refractivity contribution in [1.29, 1.82) is 0 Å². The molecule has 0 aliphatic rings. The number of nitrogens with zero attached hydrogens (tertiary/aromatic N) is 2. The average Bonchev–Trinajstić information content (AvgIpc) is 2.97. The highest BCUT2D eigenvalue weighted by Crippen LogP contribution is 2.26. The molecule has 0 unspecified atom stereocenters. The molecule has 24 heavy (non-hydrogen) atoms. The molecule has 2 aromatic carbocycles. The van der Waals surface area contributed by atoms with Gasteiger partial charge in [-0.25, -0.2) is 4.98 Å². The molecule has 4 rings (SSSR count). The number of thioether (sulfide) groups is 1. The van der Waals surface area contributed by atoms with Gasteiger partial charge >= 0.3 is 0 Å². The molecular formula is C18H14ClN3OS. The second kappa shape index (κ2) is 6.00. The van der Waals surface area contributed by atoms with Gasteiger partial charge < -0.3 is 4.98 Å². The SMILES string of the molecule is Cn1c(SCc2ccc(Cl)cc2)nc2c([nH]c3ccccc32)c1=O. The molecule has 0 amide bonds. The van der Waals surface area contributed by atoms with Crippen molar-refractivity contribution in [2.24, 2.45) is 7.05 Å². The molecule has 0 bridgehead atoms. The Morgan fingerprint density at radius 1 is 1.17 bits per heavy atom. The van der Waals surface area contributed by atoms with Crippen LogP contribution >= 0.6 is 23.4 Å². The summed E-state index contributed by atoms with van der Waals surface area (Å²) in [5, 5.41) is 2.39. The highest BCUT2D eigenvalue weighted by molar-refractivity contribution is 7.98. The van der Waals surface area contributed by atoms with Crippen molar-refractivity contribution in [3.05, 3.63) is 69.5 Å². The van der Waals surface area contributed by atoms with E-state index in [0.29, 0.717) is 10.7 Å². The van der Waals surface area contributed by atoms with Crippen molar-refractivity contribution in [3.8, 4) is 0 Å². The largest absolute Gasteiger partial charge is 0.349 e. The van der Waals surface area contributed by atoms with Gasteiger partial charge in [-0.05, 0) is 23.8 Å². The molecule has 0 radical (unpaired) electrons. The predicted molar refractivity (Wildman–Crippen MR) is 99.9 cm³/mol. The smallest absolute Gasteiger partial charge is 0.278 e. The summed E-state index contributed by atoms with van der Waals surface area (Å²) < 4.78 is 1.60. The van der Waals surface area contributed by atoms with Crippen molar-refractivity contribution in [2.75, 3.05) is 0 Å². The third-order valence-electron chi connectivity index (χ3n) is 3.97. The molecule has 120 valence electrons. The number of halogens is 1. The lowest BCUT2D eigenvalue weighted by molar-refractivity contribution is 0.725. The summed E-state index contributed by atoms with van der Waals surface area (Å²) in [5.74, 6) is 0.727. The second-order valence-corrected chi connectivity index (χ2v) is 6.95. The molecule has 0 saturated carbocycles. The Morgan fingerprint density at radius 2 is 1.92 bits per heavy atom. The van der Waals surface area contributed by atoms with Crippen LogP contribution < -0.4 is 5.56 Å². The fraction of sp³-hybridized carbons (Fsp3) is 0.111. The third-order valence-corrected chi connectivity index (χ3v) is 5.33. The lowest BCUT2D eigenvalue weighted by Crippen LogP contribution is -2.19. The quantitative estimate of drug-likeness (QED) is 0.439. The first-order valence-electron chi connectivity index (χ1n) is 7.48. The predicted octanol–water partition coefficient (Wildman–Crippen LogP) is 4.36. The van der Waals surface area contributed by atoms with Crippen molar-refractivity contribution < 1.29 is 0 Å². The van der Waals surface area contributed by atoms with Crippen LogP contribution in [0.15, 0.2) is 58.5 Å². The number of rotatable bonds is 3. The van der Waals surface area contributed by atoms with Crippen LogP contribution in [0, 0.1) is 0 Å². The van der Waals surface area contributed by atoms with Crippen molar-refractivity contribution in [1.82, 2.24) is 14.5 Å². The Hall–Kier alpha value is -2.24. The summed E-state index contributed by atoms with van der Waals surface area (Å²) in [7, 11) is 1.75. The second-order valence-electron chi connectivity index (χ2n) is 5.57. The standard InChI is InChI=1S/C18H14ClN3OS/c1-22-17(23)16-15(13-4-2-3-5-14(13)20-16)21-18(22)24-10-11-6-8-12(19)9-7-11/h2-9,20H,10H2,1H3. The van der Waals surface area contributed by atoms with Crippen LogP contribution in [0.2, 0.25) is 5.02 Å². The molecular weight excluding hydrogens is 342 g/mol. The summed E-state index contributed by atoms with van der Waals surface area (Å²) in [4.78, 5) is 20.5. The number of aromatic amines is 1. The number of hydrogen-bond donors (Lipinski definition) is 1. The number of fused-ring (bicyclic) bond motifs is 3. The van der Waals surface area contributed by atoms with Crippen LogP contribution in [0.4, 0.5) is 0 Å². The van der Waals surface area contributed by atoms with Gasteiger partial charge in [-0.3, -0.25) is 9.36 Å². The Labute approximate surface area is 147 Å². The van der Waals surface area contributed by atoms with Crippen molar-refractivity contribution in [3.63, 3.8) is 0 Å². The van der Waals surface area contributed by atoms with E-state index < -0.39 is 0 Å². The maximum absolute atomic E-state index is 12.6. The minimum Gasteiger partial charge on any atom is -0.349 e. The fourth-order valence-electron chi connectivity index (χ4n) is 2.68. The van der Waals surface area contributed by atoms with E-state index in [-0.39, 0.29) is 5.56 Å². The Kier molecular flexibility index (Phi) is 3.82. The molecule has 4 nitrogen and oxygen atoms in total. The molecule has 6 heteroatoms. The number of H-pyrrole nitrogens is 1. The third kappa shape index (κ3) is 2.60. The molecule has 2 heterocycles. The Morgan fingerprint density at radius 3 is 2.71 bits per heavy atom. The summed E-state index contributed by atoms with van der Waals surface area (Å²) in [6, 6.07) is 15.5. The average molecular weight is 356 g/mol. The van der Waals surface area contributed by atoms with Crippen LogP contribution in [0.3, 0.4) is 0 Å². The highest BCUT2D eigenvalue weighted by atomic mass is 35.5. The zero-order chi connectivity index (χ0) is 16.7. The topological polar surface area (TPSA) is 50.7 Å². The first kappa shape index (κ1) is 15.3. The minimum absolute atomic E-state index is 0.0604. The first-order valence-corrected chi connectivity index (χ1v) is 8.84. The molecule has 0 fully saturated rings. The Bertz CT molecular complexity index is 1100. The monoisotopic (exact) mass is 355 g/mol. The van der Waals surface area contributed by atoms with Crippen molar-refractivity contribution >= 4 is 45.3 Å². The van der Waals surface area contributed by atoms with Gasteiger partial charge in [-0.2, -0.15) is 0 Å². The molecule has 0 atom stereocenters. The van der Waals surface area contributed by atoms with Crippen LogP contribution in [-0.2, 0) is 12.8 Å². The van der Waals surface area contributed by atoms with E-state index in [0.717, 1.165) is 32.8 Å². The van der Waals surface area contributed by atoms with Crippen LogP contribution in [0.1, 0.15) is 5.56 Å². The van der Waals surface area contributed by atoms with Crippen LogP contribution in [0.25, 0.3) is 21.9 Å². The van der Waals surface area contributed by atoms with Gasteiger partial charge in [-0.1, -0.05) is 53.7 Å². The van der Waals surface area contributed by atoms with E-state index >= 15 is 0 Å². The summed E-state index contributed by atoms with van der Waals surface area (Å²) >= 11 is 7.46. The van der Waals surface area contributed by atoms with Gasteiger partial charge in [0, 0.05) is 28.7 Å². The van der Waals surface area contributed by atoms with Crippen molar-refractivity contribution in [2.45, 2.75) is 10.9 Å². The highest BCUT2D eigenvalue weighted by Gasteiger charge is 2.13. The molecule has 1 N–H and O–H groups in total. The minimum atomic E-state index is -0.0604. The number of para-hydroxylation sites is 1. The van der Waals surface area contributed by atoms with Crippen LogP contribution in [0.5, 0.6) is 0 Å². The van der Waals surface area contributed by atoms with Gasteiger partial charge in [0.05, 0.1) is 0 Å². The molecule has 2 aromatic heterocycles. The van der Waals surface area contributed by atoms with Crippen LogP contribution in [-0.4, -0.2) is 14.5 Å². The van der Waals surface area contributed by atoms with Gasteiger partial charge in [0.2, 0.25) is 0 Å². The van der Waals surface area contributed by atoms with Gasteiger partial charge in [0.1, 0.15) is 11.0 Å². The maximum atomic E-state index is 12.6. The first-order chi connectivity index (χ1) is 11.6. The summed E-state index contributed by atoms with van der Waals surface area (Å²) in [6.45, 7) is 0. The van der Waals surface area contributed by atoms with Gasteiger partial charge in [-0.15, -0.1) is 0 Å².